The molecule has 1 saturated carbocycles. The van der Waals surface area contributed by atoms with Crippen LogP contribution in [0.2, 0.25) is 0 Å². The summed E-state index contributed by atoms with van der Waals surface area (Å²) in [6, 6.07) is 0.804. The number of ether oxygens (including phenoxy) is 1. The van der Waals surface area contributed by atoms with Gasteiger partial charge in [0.25, 0.3) is 0 Å². The highest BCUT2D eigenvalue weighted by Gasteiger charge is 2.24. The molecule has 0 aliphatic heterocycles. The number of aromatic nitrogens is 2. The number of carbonyl (C=O) groups excluding carboxylic acids is 1. The van der Waals surface area contributed by atoms with Crippen molar-refractivity contribution in [3.8, 4) is 0 Å². The van der Waals surface area contributed by atoms with Gasteiger partial charge in [0.05, 0.1) is 6.20 Å². The summed E-state index contributed by atoms with van der Waals surface area (Å²) in [4.78, 5) is 11.8. The number of nitrogens with zero attached hydrogens (tertiary/aromatic N) is 1. The van der Waals surface area contributed by atoms with E-state index in [0.29, 0.717) is 6.04 Å². The summed E-state index contributed by atoms with van der Waals surface area (Å²) in [5.74, 6) is 0. The fourth-order valence-electron chi connectivity index (χ4n) is 3.13. The first-order valence-corrected chi connectivity index (χ1v) is 9.05. The van der Waals surface area contributed by atoms with E-state index in [0.717, 1.165) is 45.1 Å². The van der Waals surface area contributed by atoms with Crippen molar-refractivity contribution < 1.29 is 9.53 Å². The van der Waals surface area contributed by atoms with Crippen LogP contribution in [-0.2, 0) is 11.2 Å². The first-order valence-electron chi connectivity index (χ1n) is 9.05. The molecule has 6 nitrogen and oxygen atoms in total. The Hall–Kier alpha value is -1.56. The molecule has 136 valence electrons. The van der Waals surface area contributed by atoms with Gasteiger partial charge in [-0.25, -0.2) is 4.79 Å². The number of carbonyl (C=O) groups is 1. The van der Waals surface area contributed by atoms with Crippen LogP contribution in [0.4, 0.5) is 4.79 Å². The summed E-state index contributed by atoms with van der Waals surface area (Å²) in [6.07, 6.45) is 8.03. The van der Waals surface area contributed by atoms with Gasteiger partial charge in [0, 0.05) is 17.8 Å². The van der Waals surface area contributed by atoms with E-state index in [2.05, 4.69) is 27.8 Å². The number of amides is 1. The van der Waals surface area contributed by atoms with Crippen molar-refractivity contribution in [2.24, 2.45) is 0 Å². The second-order valence-electron chi connectivity index (χ2n) is 7.77. The molecule has 1 amide bonds. The first kappa shape index (κ1) is 18.8. The van der Waals surface area contributed by atoms with Gasteiger partial charge in [0.1, 0.15) is 5.60 Å². The monoisotopic (exact) mass is 336 g/mol. The topological polar surface area (TPSA) is 79.0 Å². The minimum absolute atomic E-state index is 0.242. The molecule has 2 rings (SSSR count). The van der Waals surface area contributed by atoms with E-state index < -0.39 is 5.60 Å². The smallest absolute Gasteiger partial charge is 0.407 e. The Labute approximate surface area is 145 Å². The van der Waals surface area contributed by atoms with Crippen molar-refractivity contribution in [3.05, 3.63) is 17.5 Å². The van der Waals surface area contributed by atoms with E-state index in [1.165, 1.54) is 11.3 Å². The quantitative estimate of drug-likeness (QED) is 0.698. The summed E-state index contributed by atoms with van der Waals surface area (Å²) in [7, 11) is 0. The molecule has 0 spiro atoms. The van der Waals surface area contributed by atoms with Gasteiger partial charge in [0.2, 0.25) is 0 Å². The number of rotatable bonds is 6. The molecule has 1 aromatic rings. The van der Waals surface area contributed by atoms with Crippen molar-refractivity contribution >= 4 is 6.09 Å². The third-order valence-corrected chi connectivity index (χ3v) is 4.44. The molecular weight excluding hydrogens is 304 g/mol. The number of hydrogen-bond acceptors (Lipinski definition) is 4. The van der Waals surface area contributed by atoms with Crippen molar-refractivity contribution in [3.63, 3.8) is 0 Å². The molecule has 24 heavy (non-hydrogen) atoms. The lowest BCUT2D eigenvalue weighted by Gasteiger charge is -2.30. The van der Waals surface area contributed by atoms with Crippen LogP contribution in [0.25, 0.3) is 0 Å². The number of aromatic amines is 1. The summed E-state index contributed by atoms with van der Waals surface area (Å²) < 4.78 is 5.32. The number of alkyl carbamates (subject to hydrolysis) is 1. The predicted octanol–water partition coefficient (Wildman–Crippen LogP) is 3.08. The number of hydrogen-bond donors (Lipinski definition) is 3. The highest BCUT2D eigenvalue weighted by atomic mass is 16.6. The molecule has 0 bridgehead atoms. The molecule has 0 atom stereocenters. The molecular formula is C18H32N4O2. The van der Waals surface area contributed by atoms with Gasteiger partial charge in [-0.15, -0.1) is 0 Å². The third kappa shape index (κ3) is 6.51. The molecule has 0 radical (unpaired) electrons. The van der Waals surface area contributed by atoms with Gasteiger partial charge in [-0.1, -0.05) is 0 Å². The summed E-state index contributed by atoms with van der Waals surface area (Å²) in [5.41, 5.74) is 2.04. The second-order valence-corrected chi connectivity index (χ2v) is 7.77. The van der Waals surface area contributed by atoms with Gasteiger partial charge in [-0.2, -0.15) is 5.10 Å². The van der Waals surface area contributed by atoms with Crippen LogP contribution in [0.1, 0.15) is 64.1 Å². The molecule has 0 unspecified atom stereocenters. The molecule has 1 fully saturated rings. The molecule has 6 heteroatoms. The fourth-order valence-corrected chi connectivity index (χ4v) is 3.13. The van der Waals surface area contributed by atoms with E-state index in [9.17, 15) is 4.79 Å². The van der Waals surface area contributed by atoms with Crippen LogP contribution in [0.3, 0.4) is 0 Å². The van der Waals surface area contributed by atoms with Crippen LogP contribution in [-0.4, -0.2) is 40.5 Å². The number of H-pyrrole nitrogens is 1. The lowest BCUT2D eigenvalue weighted by atomic mass is 9.91. The lowest BCUT2D eigenvalue weighted by Crippen LogP contribution is -2.44. The highest BCUT2D eigenvalue weighted by molar-refractivity contribution is 5.68. The molecule has 0 aromatic carbocycles. The molecule has 1 heterocycles. The maximum atomic E-state index is 11.8. The van der Waals surface area contributed by atoms with Crippen molar-refractivity contribution in [1.29, 1.82) is 0 Å². The number of nitrogens with one attached hydrogen (secondary N) is 3. The Bertz CT molecular complexity index is 513. The second kappa shape index (κ2) is 8.51. The van der Waals surface area contributed by atoms with E-state index in [4.69, 9.17) is 4.74 Å². The zero-order valence-corrected chi connectivity index (χ0v) is 15.4. The van der Waals surface area contributed by atoms with Crippen molar-refractivity contribution in [2.75, 3.05) is 6.54 Å². The predicted molar refractivity (Wildman–Crippen MR) is 95.1 cm³/mol. The third-order valence-electron chi connectivity index (χ3n) is 4.44. The van der Waals surface area contributed by atoms with Gasteiger partial charge in [-0.3, -0.25) is 5.10 Å². The van der Waals surface area contributed by atoms with Crippen molar-refractivity contribution in [1.82, 2.24) is 20.8 Å². The van der Waals surface area contributed by atoms with E-state index in [1.807, 2.05) is 27.0 Å². The molecule has 1 aliphatic rings. The van der Waals surface area contributed by atoms with Gasteiger partial charge in [0.15, 0.2) is 0 Å². The van der Waals surface area contributed by atoms with Crippen LogP contribution in [0.5, 0.6) is 0 Å². The highest BCUT2D eigenvalue weighted by Crippen LogP contribution is 2.19. The maximum absolute atomic E-state index is 11.8. The van der Waals surface area contributed by atoms with Gasteiger partial charge < -0.3 is 15.4 Å². The summed E-state index contributed by atoms with van der Waals surface area (Å²) in [6.45, 7) is 8.75. The SMILES string of the molecule is Cc1[nH]ncc1CCCNC1CCC(NC(=O)OC(C)(C)C)CC1. The Balaban J connectivity index is 1.57. The Morgan fingerprint density at radius 3 is 2.54 bits per heavy atom. The number of aryl methyl sites for hydroxylation is 2. The van der Waals surface area contributed by atoms with E-state index in [-0.39, 0.29) is 12.1 Å². The largest absolute Gasteiger partial charge is 0.444 e. The Kier molecular flexibility index (Phi) is 6.66. The molecule has 0 saturated heterocycles. The van der Waals surface area contributed by atoms with E-state index in [1.54, 1.807) is 0 Å². The lowest BCUT2D eigenvalue weighted by molar-refractivity contribution is 0.0490. The van der Waals surface area contributed by atoms with Crippen LogP contribution in [0, 0.1) is 6.92 Å². The average molecular weight is 336 g/mol. The maximum Gasteiger partial charge on any atom is 0.407 e. The van der Waals surface area contributed by atoms with Gasteiger partial charge in [-0.05, 0) is 78.3 Å². The fraction of sp³-hybridized carbons (Fsp3) is 0.778. The van der Waals surface area contributed by atoms with Crippen LogP contribution in [0.15, 0.2) is 6.20 Å². The standard InChI is InChI=1S/C18H32N4O2/c1-13-14(12-20-22-13)6-5-11-19-15-7-9-16(10-8-15)21-17(23)24-18(2,3)4/h12,15-16,19H,5-11H2,1-4H3,(H,20,22)(H,21,23). The minimum Gasteiger partial charge on any atom is -0.444 e. The van der Waals surface area contributed by atoms with Crippen LogP contribution < -0.4 is 10.6 Å². The van der Waals surface area contributed by atoms with Crippen molar-refractivity contribution in [2.45, 2.75) is 83.9 Å². The molecule has 3 N–H and O–H groups in total. The normalized spacial score (nSPS) is 21.5. The zero-order valence-electron chi connectivity index (χ0n) is 15.4. The summed E-state index contributed by atoms with van der Waals surface area (Å²) in [5, 5.41) is 13.7. The Morgan fingerprint density at radius 1 is 1.29 bits per heavy atom. The zero-order chi connectivity index (χ0) is 17.6. The summed E-state index contributed by atoms with van der Waals surface area (Å²) >= 11 is 0. The molecule has 1 aromatic heterocycles. The first-order chi connectivity index (χ1) is 11.3. The minimum atomic E-state index is -0.434. The van der Waals surface area contributed by atoms with E-state index >= 15 is 0 Å². The van der Waals surface area contributed by atoms with Gasteiger partial charge >= 0.3 is 6.09 Å². The van der Waals surface area contributed by atoms with Crippen LogP contribution >= 0.6 is 0 Å². The Morgan fingerprint density at radius 2 is 1.96 bits per heavy atom. The average Bonchev–Trinajstić information content (AvgIpc) is 2.89. The molecule has 1 aliphatic carbocycles.